The Kier molecular flexibility index (Phi) is 4.35. The van der Waals surface area contributed by atoms with Crippen molar-refractivity contribution in [2.45, 2.75) is 0 Å². The smallest absolute Gasteiger partial charge is 0.137 e. The molecule has 103 valence electrons. The van der Waals surface area contributed by atoms with E-state index in [1.54, 1.807) is 0 Å². The molecule has 0 atom stereocenters. The molecular formula is C15H9ClF3O. The molecule has 0 saturated carbocycles. The van der Waals surface area contributed by atoms with Gasteiger partial charge in [-0.3, -0.25) is 0 Å². The van der Waals surface area contributed by atoms with Crippen LogP contribution in [0.1, 0.15) is 0 Å². The van der Waals surface area contributed by atoms with E-state index in [0.29, 0.717) is 0 Å². The van der Waals surface area contributed by atoms with Crippen molar-refractivity contribution in [2.24, 2.45) is 0 Å². The second kappa shape index (κ2) is 6.01. The minimum atomic E-state index is -0.898. The first-order valence-electron chi connectivity index (χ1n) is 5.62. The second-order valence-corrected chi connectivity index (χ2v) is 4.29. The fourth-order valence-corrected chi connectivity index (χ4v) is 1.88. The molecule has 0 saturated heterocycles. The lowest BCUT2D eigenvalue weighted by atomic mass is 10.0. The molecule has 5 heteroatoms. The van der Waals surface area contributed by atoms with Gasteiger partial charge >= 0.3 is 0 Å². The van der Waals surface area contributed by atoms with Gasteiger partial charge in [-0.2, -0.15) is 0 Å². The van der Waals surface area contributed by atoms with Crippen LogP contribution in [0.4, 0.5) is 13.2 Å². The molecule has 2 rings (SSSR count). The fraction of sp³-hybridized carbons (Fsp3) is 0.0667. The van der Waals surface area contributed by atoms with Crippen molar-refractivity contribution in [3.05, 3.63) is 65.5 Å². The zero-order chi connectivity index (χ0) is 14.7. The molecule has 2 aromatic rings. The van der Waals surface area contributed by atoms with Gasteiger partial charge in [-0.05, 0) is 12.1 Å². The van der Waals surface area contributed by atoms with Gasteiger partial charge in [0, 0.05) is 23.8 Å². The molecule has 0 amide bonds. The fourth-order valence-electron chi connectivity index (χ4n) is 1.68. The molecule has 2 aromatic carbocycles. The number of hydrogen-bond donors (Lipinski definition) is 0. The molecule has 0 unspecified atom stereocenters. The van der Waals surface area contributed by atoms with Gasteiger partial charge in [-0.1, -0.05) is 24.3 Å². The van der Waals surface area contributed by atoms with E-state index in [4.69, 9.17) is 16.3 Å². The number of rotatable bonds is 4. The quantitative estimate of drug-likeness (QED) is 0.737. The van der Waals surface area contributed by atoms with Crippen LogP contribution in [0, 0.1) is 23.5 Å². The molecule has 0 bridgehead atoms. The summed E-state index contributed by atoms with van der Waals surface area (Å²) in [6.45, 7) is 3.55. The summed E-state index contributed by atoms with van der Waals surface area (Å²) in [5.74, 6) is -2.47. The van der Waals surface area contributed by atoms with Crippen LogP contribution < -0.4 is 4.74 Å². The lowest BCUT2D eigenvalue weighted by Crippen LogP contribution is -1.97. The minimum absolute atomic E-state index is 0.0140. The van der Waals surface area contributed by atoms with Gasteiger partial charge in [-0.15, -0.1) is 0 Å². The highest BCUT2D eigenvalue weighted by atomic mass is 35.5. The van der Waals surface area contributed by atoms with E-state index in [-0.39, 0.29) is 22.9 Å². The number of halogens is 4. The van der Waals surface area contributed by atoms with Crippen LogP contribution in [-0.2, 0) is 0 Å². The summed E-state index contributed by atoms with van der Waals surface area (Å²) >= 11 is 5.80. The van der Waals surface area contributed by atoms with Gasteiger partial charge in [0.2, 0.25) is 0 Å². The van der Waals surface area contributed by atoms with Crippen LogP contribution in [0.15, 0.2) is 36.9 Å². The minimum Gasteiger partial charge on any atom is -0.489 e. The monoisotopic (exact) mass is 297 g/mol. The van der Waals surface area contributed by atoms with E-state index in [0.717, 1.165) is 24.3 Å². The summed E-state index contributed by atoms with van der Waals surface area (Å²) in [5.41, 5.74) is -0.520. The normalized spacial score (nSPS) is 10.4. The molecule has 0 aliphatic carbocycles. The maximum Gasteiger partial charge on any atom is 0.137 e. The van der Waals surface area contributed by atoms with Crippen LogP contribution in [0.25, 0.3) is 11.1 Å². The average molecular weight is 298 g/mol. The second-order valence-electron chi connectivity index (χ2n) is 3.91. The van der Waals surface area contributed by atoms with Crippen LogP contribution in [0.3, 0.4) is 0 Å². The Bertz CT molecular complexity index is 633. The highest BCUT2D eigenvalue weighted by molar-refractivity contribution is 6.33. The summed E-state index contributed by atoms with van der Waals surface area (Å²) in [5, 5.41) is -0.0658. The third kappa shape index (κ3) is 2.96. The first-order valence-corrected chi connectivity index (χ1v) is 6.00. The van der Waals surface area contributed by atoms with Crippen LogP contribution in [-0.4, -0.2) is 6.61 Å². The Morgan fingerprint density at radius 2 is 1.85 bits per heavy atom. The maximum absolute atomic E-state index is 14.0. The van der Waals surface area contributed by atoms with Crippen LogP contribution >= 0.6 is 11.6 Å². The Labute approximate surface area is 119 Å². The Balaban J connectivity index is 2.52. The molecule has 20 heavy (non-hydrogen) atoms. The molecule has 0 fully saturated rings. The van der Waals surface area contributed by atoms with Crippen molar-refractivity contribution < 1.29 is 17.9 Å². The van der Waals surface area contributed by atoms with Crippen LogP contribution in [0.5, 0.6) is 5.75 Å². The topological polar surface area (TPSA) is 9.23 Å². The lowest BCUT2D eigenvalue weighted by Gasteiger charge is -2.10. The molecule has 1 nitrogen and oxygen atoms in total. The van der Waals surface area contributed by atoms with Crippen molar-refractivity contribution >= 4 is 11.6 Å². The van der Waals surface area contributed by atoms with Crippen molar-refractivity contribution in [3.63, 3.8) is 0 Å². The summed E-state index contributed by atoms with van der Waals surface area (Å²) in [7, 11) is 0. The largest absolute Gasteiger partial charge is 0.489 e. The molecular weight excluding hydrogens is 289 g/mol. The highest BCUT2D eigenvalue weighted by Gasteiger charge is 2.17. The number of ether oxygens (including phenoxy) is 1. The summed E-state index contributed by atoms with van der Waals surface area (Å²) in [4.78, 5) is 0. The van der Waals surface area contributed by atoms with Crippen molar-refractivity contribution in [2.75, 3.05) is 6.61 Å². The van der Waals surface area contributed by atoms with Crippen molar-refractivity contribution in [3.8, 4) is 16.9 Å². The Morgan fingerprint density at radius 3 is 2.45 bits per heavy atom. The summed E-state index contributed by atoms with van der Waals surface area (Å²) in [6.07, 6.45) is 1.45. The highest BCUT2D eigenvalue weighted by Crippen LogP contribution is 2.34. The number of hydrogen-bond acceptors (Lipinski definition) is 1. The van der Waals surface area contributed by atoms with Gasteiger partial charge in [0.05, 0.1) is 10.6 Å². The van der Waals surface area contributed by atoms with E-state index in [9.17, 15) is 13.2 Å². The summed E-state index contributed by atoms with van der Waals surface area (Å²) < 4.78 is 46.2. The van der Waals surface area contributed by atoms with E-state index in [1.165, 1.54) is 6.08 Å². The third-order valence-electron chi connectivity index (χ3n) is 2.51. The molecule has 0 aliphatic rings. The standard InChI is InChI=1S/C15H9ClF3O/c1-2-5-20-10-7-13(18)15(14(19)8-10)11-6-9(17)3-4-12(11)16/h2-3,6-8H,1,5H2. The zero-order valence-electron chi connectivity index (χ0n) is 10.2. The summed E-state index contributed by atoms with van der Waals surface area (Å²) in [6, 6.07) is 6.33. The first kappa shape index (κ1) is 14.5. The predicted molar refractivity (Wildman–Crippen MR) is 71.3 cm³/mol. The molecule has 1 radical (unpaired) electrons. The van der Waals surface area contributed by atoms with Gasteiger partial charge in [0.1, 0.15) is 29.8 Å². The van der Waals surface area contributed by atoms with Crippen LogP contribution in [0.2, 0.25) is 5.02 Å². The third-order valence-corrected chi connectivity index (χ3v) is 2.82. The lowest BCUT2D eigenvalue weighted by molar-refractivity contribution is 0.358. The van der Waals surface area contributed by atoms with Crippen molar-refractivity contribution in [1.82, 2.24) is 0 Å². The van der Waals surface area contributed by atoms with Gasteiger partial charge in [-0.25, -0.2) is 13.2 Å². The average Bonchev–Trinajstić information content (AvgIpc) is 2.39. The molecule has 0 aliphatic heterocycles. The van der Waals surface area contributed by atoms with Gasteiger partial charge < -0.3 is 4.74 Å². The zero-order valence-corrected chi connectivity index (χ0v) is 11.0. The Hall–Kier alpha value is -1.94. The van der Waals surface area contributed by atoms with E-state index < -0.39 is 23.0 Å². The molecule has 0 spiro atoms. The first-order chi connectivity index (χ1) is 9.52. The maximum atomic E-state index is 14.0. The van der Waals surface area contributed by atoms with Gasteiger partial charge in [0.25, 0.3) is 0 Å². The van der Waals surface area contributed by atoms with Crippen molar-refractivity contribution in [1.29, 1.82) is 0 Å². The predicted octanol–water partition coefficient (Wildman–Crippen LogP) is 4.79. The van der Waals surface area contributed by atoms with E-state index in [1.807, 2.05) is 0 Å². The molecule has 0 N–H and O–H groups in total. The van der Waals surface area contributed by atoms with E-state index in [2.05, 4.69) is 12.6 Å². The van der Waals surface area contributed by atoms with E-state index >= 15 is 0 Å². The molecule has 0 aromatic heterocycles. The Morgan fingerprint density at radius 1 is 1.20 bits per heavy atom. The number of benzene rings is 2. The van der Waals surface area contributed by atoms with Gasteiger partial charge in [0.15, 0.2) is 0 Å². The molecule has 0 heterocycles. The SMILES string of the molecule is C=CCOc1cc(F)c(-c2cc(F)c[c]c2Cl)c(F)c1.